The molecule has 0 unspecified atom stereocenters. The lowest BCUT2D eigenvalue weighted by molar-refractivity contribution is -0.125. The molecular formula is C24H31N7O3. The van der Waals surface area contributed by atoms with Gasteiger partial charge in [-0.3, -0.25) is 9.69 Å². The lowest BCUT2D eigenvalue weighted by atomic mass is 9.96. The maximum Gasteiger partial charge on any atom is 0.223 e. The maximum atomic E-state index is 12.7. The molecule has 2 aromatic heterocycles. The van der Waals surface area contributed by atoms with Crippen LogP contribution in [-0.4, -0.2) is 90.2 Å². The number of rotatable bonds is 7. The van der Waals surface area contributed by atoms with Crippen molar-refractivity contribution in [2.75, 3.05) is 64.5 Å². The Bertz CT molecular complexity index is 1100. The van der Waals surface area contributed by atoms with E-state index in [4.69, 9.17) is 14.6 Å². The van der Waals surface area contributed by atoms with Gasteiger partial charge >= 0.3 is 0 Å². The number of ether oxygens (including phenoxy) is 2. The van der Waals surface area contributed by atoms with Crippen molar-refractivity contribution in [2.45, 2.75) is 12.8 Å². The van der Waals surface area contributed by atoms with Gasteiger partial charge in [-0.15, -0.1) is 15.3 Å². The number of hydrogen-bond donors (Lipinski definition) is 1. The number of anilines is 1. The summed E-state index contributed by atoms with van der Waals surface area (Å²) in [5.74, 6) is 2.56. The highest BCUT2D eigenvalue weighted by molar-refractivity contribution is 5.79. The normalized spacial score (nSPS) is 17.7. The number of carbonyl (C=O) groups excluding carboxylic acids is 1. The Morgan fingerprint density at radius 2 is 1.82 bits per heavy atom. The first kappa shape index (κ1) is 22.5. The fourth-order valence-corrected chi connectivity index (χ4v) is 4.55. The molecule has 10 heteroatoms. The van der Waals surface area contributed by atoms with E-state index in [-0.39, 0.29) is 11.8 Å². The molecule has 1 N–H and O–H groups in total. The molecule has 180 valence electrons. The zero-order chi connectivity index (χ0) is 23.3. The summed E-state index contributed by atoms with van der Waals surface area (Å²) in [6.45, 7) is 6.61. The van der Waals surface area contributed by atoms with Crippen LogP contribution in [0.1, 0.15) is 12.8 Å². The zero-order valence-corrected chi connectivity index (χ0v) is 19.5. The van der Waals surface area contributed by atoms with Gasteiger partial charge < -0.3 is 19.7 Å². The minimum absolute atomic E-state index is 0.0504. The first-order valence-electron chi connectivity index (χ1n) is 11.9. The van der Waals surface area contributed by atoms with Gasteiger partial charge in [0.05, 0.1) is 20.3 Å². The van der Waals surface area contributed by atoms with E-state index in [1.165, 1.54) is 0 Å². The number of nitrogens with zero attached hydrogens (tertiary/aromatic N) is 6. The van der Waals surface area contributed by atoms with Crippen LogP contribution in [0.15, 0.2) is 36.4 Å². The van der Waals surface area contributed by atoms with Gasteiger partial charge in [0.25, 0.3) is 0 Å². The predicted octanol–water partition coefficient (Wildman–Crippen LogP) is 1.46. The van der Waals surface area contributed by atoms with Crippen LogP contribution in [0.4, 0.5) is 5.82 Å². The fraction of sp³-hybridized carbons (Fsp3) is 0.500. The van der Waals surface area contributed by atoms with E-state index in [0.717, 1.165) is 75.9 Å². The number of piperidine rings is 1. The van der Waals surface area contributed by atoms with E-state index in [1.807, 2.05) is 36.4 Å². The molecule has 0 saturated carbocycles. The largest absolute Gasteiger partial charge is 0.497 e. The third-order valence-electron chi connectivity index (χ3n) is 6.62. The molecule has 5 rings (SSSR count). The van der Waals surface area contributed by atoms with Crippen molar-refractivity contribution in [1.29, 1.82) is 0 Å². The van der Waals surface area contributed by atoms with Crippen LogP contribution >= 0.6 is 0 Å². The van der Waals surface area contributed by atoms with E-state index in [1.54, 1.807) is 11.6 Å². The monoisotopic (exact) mass is 465 g/mol. The molecule has 1 amide bonds. The molecule has 10 nitrogen and oxygen atoms in total. The number of carbonyl (C=O) groups is 1. The standard InChI is InChI=1S/C24H31N7O3/c1-33-20-4-2-18(3-5-20)23-27-26-21-6-7-22(28-31(21)23)30-11-8-19(9-12-30)24(32)25-10-13-29-14-16-34-17-15-29/h2-7,19H,8-17H2,1H3,(H,25,32). The average Bonchev–Trinajstić information content (AvgIpc) is 3.33. The smallest absolute Gasteiger partial charge is 0.223 e. The van der Waals surface area contributed by atoms with Crippen molar-refractivity contribution in [1.82, 2.24) is 30.0 Å². The maximum absolute atomic E-state index is 12.7. The number of fused-ring (bicyclic) bond motifs is 1. The minimum Gasteiger partial charge on any atom is -0.497 e. The topological polar surface area (TPSA) is 97.1 Å². The molecule has 3 aromatic rings. The summed E-state index contributed by atoms with van der Waals surface area (Å²) in [5, 5.41) is 16.5. The third-order valence-corrected chi connectivity index (χ3v) is 6.62. The Morgan fingerprint density at radius 3 is 2.56 bits per heavy atom. The Labute approximate surface area is 198 Å². The zero-order valence-electron chi connectivity index (χ0n) is 19.5. The lowest BCUT2D eigenvalue weighted by Crippen LogP contribution is -2.44. The summed E-state index contributed by atoms with van der Waals surface area (Å²) in [6, 6.07) is 11.6. The second-order valence-corrected chi connectivity index (χ2v) is 8.72. The van der Waals surface area contributed by atoms with Crippen LogP contribution in [-0.2, 0) is 9.53 Å². The number of methoxy groups -OCH3 is 1. The SMILES string of the molecule is COc1ccc(-c2nnc3ccc(N4CCC(C(=O)NCCN5CCOCC5)CC4)nn23)cc1. The van der Waals surface area contributed by atoms with Gasteiger partial charge in [0.15, 0.2) is 11.5 Å². The van der Waals surface area contributed by atoms with Crippen LogP contribution in [0.5, 0.6) is 5.75 Å². The Hall–Kier alpha value is -3.24. The number of hydrogen-bond acceptors (Lipinski definition) is 8. The van der Waals surface area contributed by atoms with Crippen molar-refractivity contribution in [3.8, 4) is 17.1 Å². The van der Waals surface area contributed by atoms with Gasteiger partial charge in [0, 0.05) is 50.7 Å². The highest BCUT2D eigenvalue weighted by Gasteiger charge is 2.26. The van der Waals surface area contributed by atoms with Crippen LogP contribution in [0.3, 0.4) is 0 Å². The lowest BCUT2D eigenvalue weighted by Gasteiger charge is -2.32. The Morgan fingerprint density at radius 1 is 1.06 bits per heavy atom. The highest BCUT2D eigenvalue weighted by atomic mass is 16.5. The molecular weight excluding hydrogens is 434 g/mol. The first-order valence-corrected chi connectivity index (χ1v) is 11.9. The first-order chi connectivity index (χ1) is 16.7. The summed E-state index contributed by atoms with van der Waals surface area (Å²) in [4.78, 5) is 17.2. The molecule has 1 aromatic carbocycles. The summed E-state index contributed by atoms with van der Waals surface area (Å²) in [5.41, 5.74) is 1.62. The minimum atomic E-state index is 0.0504. The quantitative estimate of drug-likeness (QED) is 0.560. The Kier molecular flexibility index (Phi) is 6.87. The summed E-state index contributed by atoms with van der Waals surface area (Å²) < 4.78 is 12.4. The molecule has 2 saturated heterocycles. The van der Waals surface area contributed by atoms with Crippen LogP contribution < -0.4 is 15.0 Å². The third kappa shape index (κ3) is 4.97. The highest BCUT2D eigenvalue weighted by Crippen LogP contribution is 2.25. The van der Waals surface area contributed by atoms with E-state index >= 15 is 0 Å². The van der Waals surface area contributed by atoms with Gasteiger partial charge in [-0.25, -0.2) is 0 Å². The molecule has 2 fully saturated rings. The van der Waals surface area contributed by atoms with Crippen molar-refractivity contribution in [3.63, 3.8) is 0 Å². The number of amides is 1. The molecule has 4 heterocycles. The number of aromatic nitrogens is 4. The van der Waals surface area contributed by atoms with Gasteiger partial charge in [-0.05, 0) is 49.2 Å². The summed E-state index contributed by atoms with van der Waals surface area (Å²) >= 11 is 0. The average molecular weight is 466 g/mol. The second-order valence-electron chi connectivity index (χ2n) is 8.72. The molecule has 0 spiro atoms. The van der Waals surface area contributed by atoms with Crippen molar-refractivity contribution < 1.29 is 14.3 Å². The van der Waals surface area contributed by atoms with Crippen LogP contribution in [0, 0.1) is 5.92 Å². The fourth-order valence-electron chi connectivity index (χ4n) is 4.55. The van der Waals surface area contributed by atoms with Gasteiger partial charge in [0.1, 0.15) is 11.6 Å². The molecule has 2 aliphatic heterocycles. The van der Waals surface area contributed by atoms with E-state index in [2.05, 4.69) is 25.3 Å². The van der Waals surface area contributed by atoms with Gasteiger partial charge in [0.2, 0.25) is 5.91 Å². The summed E-state index contributed by atoms with van der Waals surface area (Å²) in [7, 11) is 1.65. The molecule has 0 bridgehead atoms. The molecule has 34 heavy (non-hydrogen) atoms. The van der Waals surface area contributed by atoms with E-state index in [0.29, 0.717) is 18.0 Å². The molecule has 0 aliphatic carbocycles. The number of nitrogens with one attached hydrogen (secondary N) is 1. The van der Waals surface area contributed by atoms with Crippen molar-refractivity contribution >= 4 is 17.4 Å². The van der Waals surface area contributed by atoms with Crippen LogP contribution in [0.2, 0.25) is 0 Å². The molecule has 0 radical (unpaired) electrons. The number of morpholine rings is 1. The van der Waals surface area contributed by atoms with Gasteiger partial charge in [-0.1, -0.05) is 0 Å². The summed E-state index contributed by atoms with van der Waals surface area (Å²) in [6.07, 6.45) is 1.63. The van der Waals surface area contributed by atoms with Crippen molar-refractivity contribution in [3.05, 3.63) is 36.4 Å². The Balaban J connectivity index is 1.18. The second kappa shape index (κ2) is 10.4. The predicted molar refractivity (Wildman–Crippen MR) is 128 cm³/mol. The molecule has 0 atom stereocenters. The van der Waals surface area contributed by atoms with E-state index in [9.17, 15) is 4.79 Å². The van der Waals surface area contributed by atoms with Crippen LogP contribution in [0.25, 0.3) is 17.0 Å². The number of benzene rings is 1. The molecule has 2 aliphatic rings. The van der Waals surface area contributed by atoms with Gasteiger partial charge in [-0.2, -0.15) is 4.52 Å². The van der Waals surface area contributed by atoms with Crippen molar-refractivity contribution in [2.24, 2.45) is 5.92 Å². The van der Waals surface area contributed by atoms with E-state index < -0.39 is 0 Å².